The van der Waals surface area contributed by atoms with E-state index in [1.165, 1.54) is 0 Å². The van der Waals surface area contributed by atoms with Gasteiger partial charge >= 0.3 is 48.9 Å². The van der Waals surface area contributed by atoms with Gasteiger partial charge in [-0.2, -0.15) is 0 Å². The van der Waals surface area contributed by atoms with Gasteiger partial charge in [0.25, 0.3) is 0 Å². The van der Waals surface area contributed by atoms with Crippen LogP contribution in [0.4, 0.5) is 0 Å². The molecule has 0 fully saturated rings. The van der Waals surface area contributed by atoms with Gasteiger partial charge in [0.15, 0.2) is 18.3 Å². The minimum Gasteiger partial charge on any atom is -0.739 e. The molecule has 10 heteroatoms. The second-order valence-corrected chi connectivity index (χ2v) is 6.74. The van der Waals surface area contributed by atoms with Gasteiger partial charge in [0.1, 0.15) is 0 Å². The third-order valence-corrected chi connectivity index (χ3v) is 4.50. The SMILES string of the molecule is O=S(=O)([O-])SS(=O)(=O)[O-].[Ba+2]. The first-order chi connectivity index (χ1) is 3.71. The van der Waals surface area contributed by atoms with E-state index in [2.05, 4.69) is 0 Å². The second kappa shape index (κ2) is 4.69. The fourth-order valence-corrected chi connectivity index (χ4v) is 2.76. The molecule has 0 spiro atoms. The van der Waals surface area contributed by atoms with E-state index in [1.54, 1.807) is 0 Å². The first-order valence-corrected chi connectivity index (χ1v) is 6.00. The van der Waals surface area contributed by atoms with Gasteiger partial charge in [0.2, 0.25) is 0 Å². The summed E-state index contributed by atoms with van der Waals surface area (Å²) < 4.78 is 56.9. The van der Waals surface area contributed by atoms with Crippen molar-refractivity contribution in [1.29, 1.82) is 0 Å². The normalized spacial score (nSPS) is 12.2. The Labute approximate surface area is 101 Å². The van der Waals surface area contributed by atoms with Crippen LogP contribution in [0.25, 0.3) is 0 Å². The third kappa shape index (κ3) is 12.4. The van der Waals surface area contributed by atoms with Crippen molar-refractivity contribution in [2.24, 2.45) is 0 Å². The molecule has 0 aliphatic rings. The van der Waals surface area contributed by atoms with Crippen molar-refractivity contribution >= 4 is 77.0 Å². The average Bonchev–Trinajstić information content (AvgIpc) is 1.14. The Bertz CT molecular complexity index is 238. The number of hydrogen-bond acceptors (Lipinski definition) is 7. The van der Waals surface area contributed by atoms with E-state index in [1.807, 2.05) is 0 Å². The summed E-state index contributed by atoms with van der Waals surface area (Å²) in [4.78, 5) is 0. The van der Waals surface area contributed by atoms with E-state index >= 15 is 0 Å². The average molecular weight is 330 g/mol. The van der Waals surface area contributed by atoms with Crippen LogP contribution in [0, 0.1) is 0 Å². The van der Waals surface area contributed by atoms with Crippen molar-refractivity contribution in [2.45, 2.75) is 0 Å². The summed E-state index contributed by atoms with van der Waals surface area (Å²) >= 11 is 0. The third-order valence-electron chi connectivity index (χ3n) is 0.167. The van der Waals surface area contributed by atoms with Gasteiger partial charge in [0.05, 0.1) is 9.83 Å². The van der Waals surface area contributed by atoms with Crippen LogP contribution in [0.3, 0.4) is 0 Å². The summed E-state index contributed by atoms with van der Waals surface area (Å²) in [5.41, 5.74) is 0. The molecule has 0 heterocycles. The summed E-state index contributed by atoms with van der Waals surface area (Å²) in [5, 5.41) is 0. The fourth-order valence-electron chi connectivity index (χ4n) is 0.102. The molecule has 0 atom stereocenters. The first-order valence-electron chi connectivity index (χ1n) is 1.33. The molecule has 0 saturated carbocycles. The van der Waals surface area contributed by atoms with Crippen molar-refractivity contribution < 1.29 is 25.9 Å². The van der Waals surface area contributed by atoms with E-state index in [9.17, 15) is 25.9 Å². The van der Waals surface area contributed by atoms with Crippen molar-refractivity contribution in [2.75, 3.05) is 0 Å². The van der Waals surface area contributed by atoms with Gasteiger partial charge in [-0.05, 0) is 0 Å². The first kappa shape index (κ1) is 14.3. The molecule has 56 valence electrons. The predicted octanol–water partition coefficient (Wildman–Crippen LogP) is -1.74. The zero-order valence-electron chi connectivity index (χ0n) is 4.38. The van der Waals surface area contributed by atoms with Gasteiger partial charge in [-0.15, -0.1) is 0 Å². The maximum absolute atomic E-state index is 9.48. The van der Waals surface area contributed by atoms with Gasteiger partial charge in [0, 0.05) is 0 Å². The van der Waals surface area contributed by atoms with Crippen LogP contribution in [0.15, 0.2) is 0 Å². The molecule has 0 amide bonds. The molecule has 0 bridgehead atoms. The van der Waals surface area contributed by atoms with E-state index in [0.29, 0.717) is 0 Å². The molecule has 0 aliphatic carbocycles. The summed E-state index contributed by atoms with van der Waals surface area (Å²) in [5.74, 6) is 0. The Morgan fingerprint density at radius 2 is 1.10 bits per heavy atom. The van der Waals surface area contributed by atoms with Crippen LogP contribution >= 0.6 is 9.83 Å². The standard InChI is InChI=1S/Ba.H2O6S3/c;1-8(2,3)7-9(4,5)6/h;(H,1,2,3)(H,4,5,6)/q+2;/p-2. The van der Waals surface area contributed by atoms with Crippen LogP contribution in [0.2, 0.25) is 0 Å². The molecule has 6 nitrogen and oxygen atoms in total. The summed E-state index contributed by atoms with van der Waals surface area (Å²) in [7, 11) is -11.2. The van der Waals surface area contributed by atoms with Gasteiger partial charge in [-0.3, -0.25) is 0 Å². The van der Waals surface area contributed by atoms with Crippen molar-refractivity contribution in [1.82, 2.24) is 0 Å². The summed E-state index contributed by atoms with van der Waals surface area (Å²) in [6, 6.07) is 0. The Balaban J connectivity index is 0. The smallest absolute Gasteiger partial charge is 0.739 e. The second-order valence-electron chi connectivity index (χ2n) is 0.885. The molecule has 0 aliphatic heterocycles. The molecule has 0 unspecified atom stereocenters. The molecule has 10 heavy (non-hydrogen) atoms. The van der Waals surface area contributed by atoms with E-state index in [4.69, 9.17) is 0 Å². The zero-order chi connectivity index (χ0) is 7.71. The fraction of sp³-hybridized carbons (Fsp3) is 0. The van der Waals surface area contributed by atoms with E-state index < -0.39 is 28.1 Å². The quantitative estimate of drug-likeness (QED) is 0.335. The molecule has 0 aromatic carbocycles. The van der Waals surface area contributed by atoms with Crippen LogP contribution in [-0.2, 0) is 18.3 Å². The monoisotopic (exact) mass is 330 g/mol. The molecule has 0 rings (SSSR count). The van der Waals surface area contributed by atoms with Gasteiger partial charge < -0.3 is 9.11 Å². The van der Waals surface area contributed by atoms with E-state index in [0.717, 1.165) is 0 Å². The number of rotatable bonds is 2. The minimum absolute atomic E-state index is 0. The summed E-state index contributed by atoms with van der Waals surface area (Å²) in [6.45, 7) is 0. The minimum atomic E-state index is -5.02. The number of hydrogen-bond donors (Lipinski definition) is 0. The maximum Gasteiger partial charge on any atom is 2.00 e. The van der Waals surface area contributed by atoms with Crippen LogP contribution in [0.5, 0.6) is 0 Å². The molecule has 0 N–H and O–H groups in total. The van der Waals surface area contributed by atoms with Crippen LogP contribution < -0.4 is 0 Å². The van der Waals surface area contributed by atoms with Gasteiger partial charge in [-0.1, -0.05) is 0 Å². The molecule has 0 saturated heterocycles. The zero-order valence-corrected chi connectivity index (χ0v) is 11.3. The summed E-state index contributed by atoms with van der Waals surface area (Å²) in [6.07, 6.45) is 0. The topological polar surface area (TPSA) is 114 Å². The molecule has 0 aromatic rings. The van der Waals surface area contributed by atoms with Crippen LogP contribution in [0.1, 0.15) is 0 Å². The molecule has 0 aromatic heterocycles. The van der Waals surface area contributed by atoms with Crippen LogP contribution in [-0.4, -0.2) is 74.8 Å². The molecule has 0 radical (unpaired) electrons. The Hall–Kier alpha value is 1.74. The predicted molar refractivity (Wildman–Crippen MR) is 32.7 cm³/mol. The van der Waals surface area contributed by atoms with Crippen molar-refractivity contribution in [3.8, 4) is 0 Å². The largest absolute Gasteiger partial charge is 2.00 e. The Kier molecular flexibility index (Phi) is 6.70. The van der Waals surface area contributed by atoms with E-state index in [-0.39, 0.29) is 48.9 Å². The Morgan fingerprint density at radius 1 is 0.900 bits per heavy atom. The van der Waals surface area contributed by atoms with Crippen molar-refractivity contribution in [3.05, 3.63) is 0 Å². The molecular formula is BaO6S3. The molecular weight excluding hydrogens is 330 g/mol. The van der Waals surface area contributed by atoms with Gasteiger partial charge in [-0.25, -0.2) is 16.8 Å². The Morgan fingerprint density at radius 3 is 1.10 bits per heavy atom. The maximum atomic E-state index is 9.48. The van der Waals surface area contributed by atoms with Crippen molar-refractivity contribution in [3.63, 3.8) is 0 Å².